The number of hydrogen-bond donors (Lipinski definition) is 1. The topological polar surface area (TPSA) is 49.4 Å². The quantitative estimate of drug-likeness (QED) is 0.426. The highest BCUT2D eigenvalue weighted by Crippen LogP contribution is 2.31. The molecule has 35 heavy (non-hydrogen) atoms. The fourth-order valence-corrected chi connectivity index (χ4v) is 5.65. The molecule has 1 heterocycles. The van der Waals surface area contributed by atoms with Gasteiger partial charge in [0.25, 0.3) is 5.91 Å². The van der Waals surface area contributed by atoms with E-state index >= 15 is 0 Å². The van der Waals surface area contributed by atoms with Crippen LogP contribution in [0.5, 0.6) is 0 Å². The number of fused-ring (bicyclic) bond motifs is 1. The van der Waals surface area contributed by atoms with Crippen LogP contribution < -0.4 is 5.32 Å². The smallest absolute Gasteiger partial charge is 0.255 e. The maximum Gasteiger partial charge on any atom is 0.255 e. The Bertz CT molecular complexity index is 1200. The van der Waals surface area contributed by atoms with Crippen molar-refractivity contribution in [3.63, 3.8) is 0 Å². The van der Waals surface area contributed by atoms with Crippen LogP contribution in [0.2, 0.25) is 5.02 Å². The summed E-state index contributed by atoms with van der Waals surface area (Å²) in [7, 11) is 0. The molecule has 1 fully saturated rings. The van der Waals surface area contributed by atoms with Gasteiger partial charge in [-0.25, -0.2) is 0 Å². The predicted molar refractivity (Wildman–Crippen MR) is 141 cm³/mol. The van der Waals surface area contributed by atoms with Gasteiger partial charge in [0.2, 0.25) is 0 Å². The molecule has 1 N–H and O–H groups in total. The first-order valence-electron chi connectivity index (χ1n) is 12.6. The monoisotopic (exact) mass is 486 g/mol. The minimum atomic E-state index is -0.191. The number of anilines is 1. The van der Waals surface area contributed by atoms with Crippen molar-refractivity contribution >= 4 is 29.0 Å². The fourth-order valence-electron chi connectivity index (χ4n) is 5.46. The van der Waals surface area contributed by atoms with Crippen LogP contribution in [0.3, 0.4) is 0 Å². The number of carbonyl (C=O) groups is 2. The maximum absolute atomic E-state index is 13.2. The summed E-state index contributed by atoms with van der Waals surface area (Å²) in [6, 6.07) is 23.4. The number of halogens is 1. The minimum absolute atomic E-state index is 0.0699. The second kappa shape index (κ2) is 10.8. The lowest BCUT2D eigenvalue weighted by Crippen LogP contribution is -2.35. The third kappa shape index (κ3) is 5.66. The highest BCUT2D eigenvalue weighted by Gasteiger charge is 2.29. The van der Waals surface area contributed by atoms with E-state index in [2.05, 4.69) is 40.5 Å². The molecular weight excluding hydrogens is 456 g/mol. The van der Waals surface area contributed by atoms with Gasteiger partial charge >= 0.3 is 0 Å². The molecule has 5 rings (SSSR count). The average Bonchev–Trinajstić information content (AvgIpc) is 2.89. The van der Waals surface area contributed by atoms with Crippen molar-refractivity contribution in [2.45, 2.75) is 38.0 Å². The number of ketones is 1. The van der Waals surface area contributed by atoms with E-state index in [1.165, 1.54) is 18.4 Å². The van der Waals surface area contributed by atoms with Crippen LogP contribution in [0.1, 0.15) is 63.4 Å². The molecule has 0 aromatic heterocycles. The van der Waals surface area contributed by atoms with Gasteiger partial charge < -0.3 is 10.2 Å². The summed E-state index contributed by atoms with van der Waals surface area (Å²) in [5, 5.41) is 3.46. The molecule has 3 aromatic carbocycles. The SMILES string of the molecule is O=C(Nc1cccc(Cl)c1)c1ccc2c(c1)CCC(CCN1CCC(c3ccccc3)CC1)C2=O. The summed E-state index contributed by atoms with van der Waals surface area (Å²) >= 11 is 6.01. The summed E-state index contributed by atoms with van der Waals surface area (Å²) < 4.78 is 0. The number of hydrogen-bond acceptors (Lipinski definition) is 3. The van der Waals surface area contributed by atoms with Crippen LogP contribution in [-0.2, 0) is 6.42 Å². The molecule has 1 atom stereocenters. The van der Waals surface area contributed by atoms with E-state index in [1.807, 2.05) is 12.1 Å². The Balaban J connectivity index is 1.15. The molecule has 0 spiro atoms. The Labute approximate surface area is 212 Å². The Morgan fingerprint density at radius 3 is 2.51 bits per heavy atom. The lowest BCUT2D eigenvalue weighted by Gasteiger charge is -2.33. The van der Waals surface area contributed by atoms with Crippen LogP contribution in [0, 0.1) is 5.92 Å². The molecule has 1 aliphatic heterocycles. The van der Waals surface area contributed by atoms with Gasteiger partial charge in [0.05, 0.1) is 0 Å². The second-order valence-electron chi connectivity index (χ2n) is 9.75. The molecule has 1 aliphatic carbocycles. The highest BCUT2D eigenvalue weighted by molar-refractivity contribution is 6.31. The number of Topliss-reactive ketones (excluding diaryl/α,β-unsaturated/α-hetero) is 1. The van der Waals surface area contributed by atoms with E-state index in [9.17, 15) is 9.59 Å². The van der Waals surface area contributed by atoms with Gasteiger partial charge in [0, 0.05) is 27.8 Å². The zero-order chi connectivity index (χ0) is 24.2. The van der Waals surface area contributed by atoms with Gasteiger partial charge in [-0.15, -0.1) is 0 Å². The molecule has 0 bridgehead atoms. The van der Waals surface area contributed by atoms with Gasteiger partial charge in [0.15, 0.2) is 5.78 Å². The van der Waals surface area contributed by atoms with E-state index < -0.39 is 0 Å². The van der Waals surface area contributed by atoms with Crippen molar-refractivity contribution in [2.24, 2.45) is 5.92 Å². The summed E-state index contributed by atoms with van der Waals surface area (Å²) in [4.78, 5) is 28.4. The number of nitrogens with one attached hydrogen (secondary N) is 1. The summed E-state index contributed by atoms with van der Waals surface area (Å²) in [6.45, 7) is 3.18. The van der Waals surface area contributed by atoms with E-state index in [4.69, 9.17) is 11.6 Å². The van der Waals surface area contributed by atoms with Crippen LogP contribution in [0.15, 0.2) is 72.8 Å². The molecule has 1 saturated heterocycles. The third-order valence-corrected chi connectivity index (χ3v) is 7.74. The predicted octanol–water partition coefficient (Wildman–Crippen LogP) is 6.61. The molecule has 1 amide bonds. The number of benzene rings is 3. The van der Waals surface area contributed by atoms with E-state index in [0.717, 1.165) is 50.0 Å². The van der Waals surface area contributed by atoms with Crippen molar-refractivity contribution in [1.29, 1.82) is 0 Å². The number of carbonyl (C=O) groups excluding carboxylic acids is 2. The lowest BCUT2D eigenvalue weighted by atomic mass is 9.80. The Hall–Kier alpha value is -2.95. The number of rotatable bonds is 6. The Morgan fingerprint density at radius 2 is 1.74 bits per heavy atom. The Kier molecular flexibility index (Phi) is 7.31. The first-order valence-corrected chi connectivity index (χ1v) is 13.0. The van der Waals surface area contributed by atoms with Crippen LogP contribution >= 0.6 is 11.6 Å². The third-order valence-electron chi connectivity index (χ3n) is 7.50. The normalized spacial score (nSPS) is 18.8. The Morgan fingerprint density at radius 1 is 0.943 bits per heavy atom. The average molecular weight is 487 g/mol. The van der Waals surface area contributed by atoms with Crippen molar-refractivity contribution in [3.05, 3.63) is 100 Å². The maximum atomic E-state index is 13.2. The molecule has 180 valence electrons. The second-order valence-corrected chi connectivity index (χ2v) is 10.2. The molecular formula is C30H31ClN2O2. The van der Waals surface area contributed by atoms with E-state index in [0.29, 0.717) is 22.2 Å². The number of likely N-dealkylation sites (tertiary alicyclic amines) is 1. The van der Waals surface area contributed by atoms with Gasteiger partial charge in [-0.3, -0.25) is 9.59 Å². The van der Waals surface area contributed by atoms with Crippen molar-refractivity contribution in [1.82, 2.24) is 4.90 Å². The van der Waals surface area contributed by atoms with Crippen LogP contribution in [0.25, 0.3) is 0 Å². The molecule has 5 heteroatoms. The fraction of sp³-hybridized carbons (Fsp3) is 0.333. The number of piperidine rings is 1. The van der Waals surface area contributed by atoms with Crippen molar-refractivity contribution in [2.75, 3.05) is 25.0 Å². The highest BCUT2D eigenvalue weighted by atomic mass is 35.5. The van der Waals surface area contributed by atoms with Gasteiger partial charge in [-0.2, -0.15) is 0 Å². The first-order chi connectivity index (χ1) is 17.1. The molecule has 3 aromatic rings. The van der Waals surface area contributed by atoms with Crippen molar-refractivity contribution in [3.8, 4) is 0 Å². The van der Waals surface area contributed by atoms with E-state index in [-0.39, 0.29) is 17.6 Å². The molecule has 0 radical (unpaired) electrons. The zero-order valence-corrected chi connectivity index (χ0v) is 20.6. The molecule has 1 unspecified atom stereocenters. The lowest BCUT2D eigenvalue weighted by molar-refractivity contribution is 0.0876. The standard InChI is InChI=1S/C30H31ClN2O2/c31-26-7-4-8-27(20-26)32-30(35)25-11-12-28-24(19-25)10-9-23(29(28)34)15-18-33-16-13-22(14-17-33)21-5-2-1-3-6-21/h1-8,11-12,19-20,22-23H,9-10,13-18H2,(H,32,35). The zero-order valence-electron chi connectivity index (χ0n) is 19.9. The van der Waals surface area contributed by atoms with Crippen LogP contribution in [0.4, 0.5) is 5.69 Å². The summed E-state index contributed by atoms with van der Waals surface area (Å²) in [5.41, 5.74) is 4.43. The molecule has 0 saturated carbocycles. The van der Waals surface area contributed by atoms with Gasteiger partial charge in [0.1, 0.15) is 0 Å². The molecule has 4 nitrogen and oxygen atoms in total. The minimum Gasteiger partial charge on any atom is -0.322 e. The largest absolute Gasteiger partial charge is 0.322 e. The van der Waals surface area contributed by atoms with Gasteiger partial charge in [-0.05, 0) is 99.1 Å². The van der Waals surface area contributed by atoms with Crippen LogP contribution in [-0.4, -0.2) is 36.2 Å². The van der Waals surface area contributed by atoms with E-state index in [1.54, 1.807) is 30.3 Å². The van der Waals surface area contributed by atoms with Gasteiger partial charge in [-0.1, -0.05) is 54.1 Å². The number of amides is 1. The first kappa shape index (κ1) is 23.8. The summed E-state index contributed by atoms with van der Waals surface area (Å²) in [6.07, 6.45) is 4.97. The summed E-state index contributed by atoms with van der Waals surface area (Å²) in [5.74, 6) is 0.761. The number of aryl methyl sites for hydroxylation is 1. The number of nitrogens with zero attached hydrogens (tertiary/aromatic N) is 1. The molecule has 2 aliphatic rings. The van der Waals surface area contributed by atoms with Crippen molar-refractivity contribution < 1.29 is 9.59 Å².